The Hall–Kier alpha value is -0.840. The molecule has 1 heterocycles. The fraction of sp³-hybridized carbons (Fsp3) is 0.500. The zero-order valence-electron chi connectivity index (χ0n) is 7.76. The summed E-state index contributed by atoms with van der Waals surface area (Å²) in [6.07, 6.45) is 2.61. The predicted molar refractivity (Wildman–Crippen MR) is 58.1 cm³/mol. The Morgan fingerprint density at radius 3 is 2.69 bits per heavy atom. The van der Waals surface area contributed by atoms with Gasteiger partial charge >= 0.3 is 0 Å². The van der Waals surface area contributed by atoms with Crippen LogP contribution in [0.5, 0.6) is 0 Å². The molecule has 0 saturated carbocycles. The SMILES string of the molecule is CCCNc1ncnc(NC)c1Br. The average molecular weight is 245 g/mol. The molecule has 0 unspecified atom stereocenters. The fourth-order valence-corrected chi connectivity index (χ4v) is 1.45. The standard InChI is InChI=1S/C8H13BrN4/c1-3-4-11-8-6(9)7(10-2)12-5-13-8/h5H,3-4H2,1-2H3,(H2,10,11,12,13). The van der Waals surface area contributed by atoms with Gasteiger partial charge in [0.1, 0.15) is 22.4 Å². The molecule has 0 aliphatic heterocycles. The molecule has 0 fully saturated rings. The summed E-state index contributed by atoms with van der Waals surface area (Å²) in [5.74, 6) is 1.63. The third-order valence-electron chi connectivity index (χ3n) is 1.57. The minimum atomic E-state index is 0.800. The summed E-state index contributed by atoms with van der Waals surface area (Å²) in [6, 6.07) is 0. The van der Waals surface area contributed by atoms with E-state index < -0.39 is 0 Å². The molecule has 4 nitrogen and oxygen atoms in total. The van der Waals surface area contributed by atoms with Crippen LogP contribution < -0.4 is 10.6 Å². The van der Waals surface area contributed by atoms with Crippen LogP contribution in [0.25, 0.3) is 0 Å². The second-order valence-electron chi connectivity index (χ2n) is 2.56. The van der Waals surface area contributed by atoms with Crippen molar-refractivity contribution in [3.63, 3.8) is 0 Å². The molecule has 0 aromatic carbocycles. The molecule has 0 bridgehead atoms. The van der Waals surface area contributed by atoms with Crippen molar-refractivity contribution in [2.75, 3.05) is 24.2 Å². The highest BCUT2D eigenvalue weighted by Crippen LogP contribution is 2.25. The molecule has 0 atom stereocenters. The highest BCUT2D eigenvalue weighted by Gasteiger charge is 2.05. The molecule has 0 spiro atoms. The number of halogens is 1. The predicted octanol–water partition coefficient (Wildman–Crippen LogP) is 2.10. The molecule has 0 aliphatic rings. The van der Waals surface area contributed by atoms with Crippen LogP contribution in [0.4, 0.5) is 11.6 Å². The van der Waals surface area contributed by atoms with Crippen LogP contribution in [0.15, 0.2) is 10.8 Å². The van der Waals surface area contributed by atoms with E-state index in [4.69, 9.17) is 0 Å². The number of nitrogens with zero attached hydrogens (tertiary/aromatic N) is 2. The number of hydrogen-bond donors (Lipinski definition) is 2. The van der Waals surface area contributed by atoms with E-state index in [0.717, 1.165) is 29.1 Å². The zero-order chi connectivity index (χ0) is 9.68. The third-order valence-corrected chi connectivity index (χ3v) is 2.32. The number of hydrogen-bond acceptors (Lipinski definition) is 4. The Morgan fingerprint density at radius 2 is 2.08 bits per heavy atom. The van der Waals surface area contributed by atoms with Gasteiger partial charge < -0.3 is 10.6 Å². The number of aromatic nitrogens is 2. The molecule has 0 radical (unpaired) electrons. The zero-order valence-corrected chi connectivity index (χ0v) is 9.35. The Balaban J connectivity index is 2.81. The molecule has 1 aromatic heterocycles. The fourth-order valence-electron chi connectivity index (χ4n) is 0.911. The summed E-state index contributed by atoms with van der Waals surface area (Å²) < 4.78 is 0.881. The van der Waals surface area contributed by atoms with Gasteiger partial charge in [0.2, 0.25) is 0 Å². The maximum atomic E-state index is 4.12. The summed E-state index contributed by atoms with van der Waals surface area (Å²) in [5, 5.41) is 6.17. The lowest BCUT2D eigenvalue weighted by molar-refractivity contribution is 0.962. The van der Waals surface area contributed by atoms with E-state index >= 15 is 0 Å². The van der Waals surface area contributed by atoms with Crippen molar-refractivity contribution in [3.8, 4) is 0 Å². The van der Waals surface area contributed by atoms with Crippen LogP contribution in [0.2, 0.25) is 0 Å². The van der Waals surface area contributed by atoms with Crippen molar-refractivity contribution in [1.82, 2.24) is 9.97 Å². The van der Waals surface area contributed by atoms with Gasteiger partial charge in [-0.05, 0) is 22.4 Å². The first-order chi connectivity index (χ1) is 6.29. The van der Waals surface area contributed by atoms with Gasteiger partial charge in [0.15, 0.2) is 0 Å². The molecule has 0 aliphatic carbocycles. The van der Waals surface area contributed by atoms with Crippen LogP contribution in [0.1, 0.15) is 13.3 Å². The van der Waals surface area contributed by atoms with Crippen molar-refractivity contribution in [1.29, 1.82) is 0 Å². The molecule has 0 saturated heterocycles. The first kappa shape index (κ1) is 10.2. The van der Waals surface area contributed by atoms with Gasteiger partial charge in [-0.15, -0.1) is 0 Å². The van der Waals surface area contributed by atoms with Crippen LogP contribution in [0.3, 0.4) is 0 Å². The van der Waals surface area contributed by atoms with Gasteiger partial charge in [-0.1, -0.05) is 6.92 Å². The molecular weight excluding hydrogens is 232 g/mol. The molecule has 13 heavy (non-hydrogen) atoms. The van der Waals surface area contributed by atoms with Gasteiger partial charge in [0.05, 0.1) is 0 Å². The molecule has 1 rings (SSSR count). The Kier molecular flexibility index (Phi) is 3.95. The first-order valence-electron chi connectivity index (χ1n) is 4.21. The minimum Gasteiger partial charge on any atom is -0.372 e. The van der Waals surface area contributed by atoms with Crippen molar-refractivity contribution in [2.24, 2.45) is 0 Å². The molecule has 5 heteroatoms. The van der Waals surface area contributed by atoms with Crippen LogP contribution in [-0.4, -0.2) is 23.6 Å². The monoisotopic (exact) mass is 244 g/mol. The lowest BCUT2D eigenvalue weighted by Gasteiger charge is -2.08. The Bertz CT molecular complexity index is 277. The van der Waals surface area contributed by atoms with E-state index in [1.54, 1.807) is 0 Å². The van der Waals surface area contributed by atoms with E-state index in [1.807, 2.05) is 7.05 Å². The third kappa shape index (κ3) is 2.55. The quantitative estimate of drug-likeness (QED) is 0.852. The van der Waals surface area contributed by atoms with Crippen molar-refractivity contribution in [2.45, 2.75) is 13.3 Å². The van der Waals surface area contributed by atoms with Crippen molar-refractivity contribution >= 4 is 27.6 Å². The van der Waals surface area contributed by atoms with E-state index in [-0.39, 0.29) is 0 Å². The van der Waals surface area contributed by atoms with Crippen LogP contribution in [-0.2, 0) is 0 Å². The lowest BCUT2D eigenvalue weighted by atomic mass is 10.4. The summed E-state index contributed by atoms with van der Waals surface area (Å²) in [7, 11) is 1.83. The van der Waals surface area contributed by atoms with Gasteiger partial charge in [-0.25, -0.2) is 9.97 Å². The summed E-state index contributed by atoms with van der Waals surface area (Å²) in [5.41, 5.74) is 0. The number of rotatable bonds is 4. The second-order valence-corrected chi connectivity index (χ2v) is 3.35. The number of anilines is 2. The first-order valence-corrected chi connectivity index (χ1v) is 5.01. The highest BCUT2D eigenvalue weighted by atomic mass is 79.9. The lowest BCUT2D eigenvalue weighted by Crippen LogP contribution is -2.05. The Morgan fingerprint density at radius 1 is 1.38 bits per heavy atom. The largest absolute Gasteiger partial charge is 0.372 e. The summed E-state index contributed by atoms with van der Waals surface area (Å²) in [4.78, 5) is 8.17. The molecule has 2 N–H and O–H groups in total. The average Bonchev–Trinajstić information content (AvgIpc) is 2.16. The van der Waals surface area contributed by atoms with Crippen LogP contribution in [0, 0.1) is 0 Å². The maximum absolute atomic E-state index is 4.12. The van der Waals surface area contributed by atoms with Gasteiger partial charge in [-0.2, -0.15) is 0 Å². The molecule has 0 amide bonds. The topological polar surface area (TPSA) is 49.8 Å². The maximum Gasteiger partial charge on any atom is 0.145 e. The van der Waals surface area contributed by atoms with E-state index in [9.17, 15) is 0 Å². The van der Waals surface area contributed by atoms with Gasteiger partial charge in [0, 0.05) is 13.6 Å². The number of nitrogens with one attached hydrogen (secondary N) is 2. The summed E-state index contributed by atoms with van der Waals surface area (Å²) in [6.45, 7) is 3.03. The van der Waals surface area contributed by atoms with Crippen LogP contribution >= 0.6 is 15.9 Å². The minimum absolute atomic E-state index is 0.800. The van der Waals surface area contributed by atoms with E-state index in [0.29, 0.717) is 0 Å². The van der Waals surface area contributed by atoms with E-state index in [2.05, 4.69) is 43.5 Å². The molecule has 72 valence electrons. The second kappa shape index (κ2) is 5.01. The Labute approximate surface area is 86.3 Å². The summed E-state index contributed by atoms with van der Waals surface area (Å²) >= 11 is 3.42. The molecular formula is C8H13BrN4. The van der Waals surface area contributed by atoms with Crippen molar-refractivity contribution < 1.29 is 0 Å². The van der Waals surface area contributed by atoms with E-state index in [1.165, 1.54) is 6.33 Å². The molecule has 1 aromatic rings. The van der Waals surface area contributed by atoms with Crippen molar-refractivity contribution in [3.05, 3.63) is 10.8 Å². The smallest absolute Gasteiger partial charge is 0.145 e. The highest BCUT2D eigenvalue weighted by molar-refractivity contribution is 9.10. The van der Waals surface area contributed by atoms with Gasteiger partial charge in [0.25, 0.3) is 0 Å². The van der Waals surface area contributed by atoms with Gasteiger partial charge in [-0.3, -0.25) is 0 Å². The normalized spacial score (nSPS) is 9.77.